The van der Waals surface area contributed by atoms with Crippen molar-refractivity contribution in [1.82, 2.24) is 0 Å². The summed E-state index contributed by atoms with van der Waals surface area (Å²) in [4.78, 5) is 0.300. The summed E-state index contributed by atoms with van der Waals surface area (Å²) in [5.74, 6) is 0.349. The van der Waals surface area contributed by atoms with E-state index in [1.165, 1.54) is 25.7 Å². The molecule has 1 fully saturated rings. The molecule has 0 saturated heterocycles. The first-order chi connectivity index (χ1) is 8.09. The smallest absolute Gasteiger partial charge is 0.207 e. The van der Waals surface area contributed by atoms with Gasteiger partial charge in [-0.3, -0.25) is 0 Å². The molecule has 0 unspecified atom stereocenters. The second kappa shape index (κ2) is 5.40. The van der Waals surface area contributed by atoms with E-state index in [2.05, 4.69) is 0 Å². The summed E-state index contributed by atoms with van der Waals surface area (Å²) in [5.41, 5.74) is 0.907. The molecule has 1 saturated carbocycles. The third kappa shape index (κ3) is 3.23. The highest BCUT2D eigenvalue weighted by molar-refractivity contribution is 8.13. The van der Waals surface area contributed by atoms with Crippen LogP contribution >= 0.6 is 10.7 Å². The third-order valence-electron chi connectivity index (χ3n) is 3.48. The zero-order valence-corrected chi connectivity index (χ0v) is 11.3. The predicted octanol–water partition coefficient (Wildman–Crippen LogP) is 4.05. The summed E-state index contributed by atoms with van der Waals surface area (Å²) in [5, 5.41) is 0. The first-order valence-corrected chi connectivity index (χ1v) is 8.43. The van der Waals surface area contributed by atoms with E-state index < -0.39 is 9.05 Å². The van der Waals surface area contributed by atoms with Crippen LogP contribution in [0.5, 0.6) is 0 Å². The van der Waals surface area contributed by atoms with Gasteiger partial charge in [-0.2, -0.15) is 0 Å². The fourth-order valence-electron chi connectivity index (χ4n) is 2.63. The topological polar surface area (TPSA) is 34.1 Å². The van der Waals surface area contributed by atoms with Crippen LogP contribution in [0.15, 0.2) is 29.2 Å². The third-order valence-corrected chi connectivity index (χ3v) is 4.87. The highest BCUT2D eigenvalue weighted by Crippen LogP contribution is 2.35. The number of hydrogen-bond donors (Lipinski definition) is 0. The molecule has 0 aromatic heterocycles. The summed E-state index contributed by atoms with van der Waals surface area (Å²) >= 11 is 0. The Balaban J connectivity index is 2.37. The lowest BCUT2D eigenvalue weighted by Crippen LogP contribution is -2.04. The summed E-state index contributed by atoms with van der Waals surface area (Å²) < 4.78 is 23.1. The lowest BCUT2D eigenvalue weighted by Gasteiger charge is -2.17. The van der Waals surface area contributed by atoms with Crippen LogP contribution in [0.25, 0.3) is 0 Å². The van der Waals surface area contributed by atoms with E-state index in [0.717, 1.165) is 18.4 Å². The molecule has 0 aliphatic heterocycles. The van der Waals surface area contributed by atoms with Crippen molar-refractivity contribution in [2.75, 3.05) is 0 Å². The summed E-state index contributed by atoms with van der Waals surface area (Å²) in [6.07, 6.45) is 7.02. The molecule has 94 valence electrons. The standard InChI is InChI=1S/C13H17ClO2S/c14-17(15,16)13-10-6-5-9-12(13)11-7-3-1-2-4-8-11/h5-6,9-11H,1-4,7-8H2. The molecule has 2 nitrogen and oxygen atoms in total. The van der Waals surface area contributed by atoms with Gasteiger partial charge in [0.25, 0.3) is 9.05 Å². The highest BCUT2D eigenvalue weighted by atomic mass is 35.7. The fraction of sp³-hybridized carbons (Fsp3) is 0.538. The maximum absolute atomic E-state index is 11.5. The van der Waals surface area contributed by atoms with Crippen LogP contribution in [-0.2, 0) is 9.05 Å². The van der Waals surface area contributed by atoms with E-state index in [1.807, 2.05) is 12.1 Å². The second-order valence-corrected chi connectivity index (χ2v) is 7.20. The van der Waals surface area contributed by atoms with Gasteiger partial charge >= 0.3 is 0 Å². The Bertz CT molecular complexity index is 474. The number of hydrogen-bond acceptors (Lipinski definition) is 2. The van der Waals surface area contributed by atoms with Gasteiger partial charge in [0.05, 0.1) is 4.90 Å². The van der Waals surface area contributed by atoms with Crippen molar-refractivity contribution in [1.29, 1.82) is 0 Å². The largest absolute Gasteiger partial charge is 0.261 e. The van der Waals surface area contributed by atoms with Gasteiger partial charge in [-0.05, 0) is 30.4 Å². The van der Waals surface area contributed by atoms with Crippen LogP contribution in [0.3, 0.4) is 0 Å². The van der Waals surface area contributed by atoms with Crippen LogP contribution in [0.2, 0.25) is 0 Å². The zero-order valence-electron chi connectivity index (χ0n) is 9.73. The second-order valence-electron chi connectivity index (χ2n) is 4.66. The molecule has 1 aliphatic carbocycles. The van der Waals surface area contributed by atoms with E-state index in [9.17, 15) is 8.42 Å². The molecule has 0 N–H and O–H groups in total. The quantitative estimate of drug-likeness (QED) is 0.601. The minimum Gasteiger partial charge on any atom is -0.207 e. The molecular weight excluding hydrogens is 256 g/mol. The van der Waals surface area contributed by atoms with Crippen LogP contribution < -0.4 is 0 Å². The Morgan fingerprint density at radius 2 is 1.59 bits per heavy atom. The average molecular weight is 273 g/mol. The number of benzene rings is 1. The van der Waals surface area contributed by atoms with Gasteiger partial charge in [0, 0.05) is 10.7 Å². The van der Waals surface area contributed by atoms with E-state index in [0.29, 0.717) is 10.8 Å². The summed E-state index contributed by atoms with van der Waals surface area (Å²) in [6.45, 7) is 0. The molecule has 17 heavy (non-hydrogen) atoms. The molecule has 0 heterocycles. The summed E-state index contributed by atoms with van der Waals surface area (Å²) in [6, 6.07) is 7.15. The van der Waals surface area contributed by atoms with Crippen LogP contribution in [0, 0.1) is 0 Å². The Kier molecular flexibility index (Phi) is 4.10. The van der Waals surface area contributed by atoms with Gasteiger partial charge in [-0.25, -0.2) is 8.42 Å². The Morgan fingerprint density at radius 3 is 2.18 bits per heavy atom. The molecule has 0 radical (unpaired) electrons. The fourth-order valence-corrected chi connectivity index (χ4v) is 3.81. The van der Waals surface area contributed by atoms with Crippen molar-refractivity contribution >= 4 is 19.7 Å². The maximum Gasteiger partial charge on any atom is 0.261 e. The molecule has 0 spiro atoms. The van der Waals surface area contributed by atoms with Crippen molar-refractivity contribution in [3.8, 4) is 0 Å². The number of rotatable bonds is 2. The normalized spacial score (nSPS) is 18.9. The molecule has 0 atom stereocenters. The SMILES string of the molecule is O=S(=O)(Cl)c1ccccc1C1CCCCCC1. The monoisotopic (exact) mass is 272 g/mol. The van der Waals surface area contributed by atoms with E-state index in [1.54, 1.807) is 12.1 Å². The highest BCUT2D eigenvalue weighted by Gasteiger charge is 2.22. The van der Waals surface area contributed by atoms with Crippen LogP contribution in [0.4, 0.5) is 0 Å². The van der Waals surface area contributed by atoms with Gasteiger partial charge in [-0.15, -0.1) is 0 Å². The van der Waals surface area contributed by atoms with E-state index in [4.69, 9.17) is 10.7 Å². The summed E-state index contributed by atoms with van der Waals surface area (Å²) in [7, 11) is 1.87. The van der Waals surface area contributed by atoms with Crippen molar-refractivity contribution in [2.45, 2.75) is 49.3 Å². The minimum atomic E-state index is -3.62. The molecule has 2 rings (SSSR count). The molecule has 1 aromatic carbocycles. The maximum atomic E-state index is 11.5. The molecule has 0 bridgehead atoms. The lowest BCUT2D eigenvalue weighted by atomic mass is 9.92. The molecule has 1 aromatic rings. The molecule has 1 aliphatic rings. The van der Waals surface area contributed by atoms with Crippen molar-refractivity contribution in [3.05, 3.63) is 29.8 Å². The van der Waals surface area contributed by atoms with Gasteiger partial charge in [0.1, 0.15) is 0 Å². The predicted molar refractivity (Wildman–Crippen MR) is 69.9 cm³/mol. The Hall–Kier alpha value is -0.540. The van der Waals surface area contributed by atoms with Crippen molar-refractivity contribution in [3.63, 3.8) is 0 Å². The first kappa shape index (κ1) is 12.9. The minimum absolute atomic E-state index is 0.300. The van der Waals surface area contributed by atoms with Crippen LogP contribution in [0.1, 0.15) is 50.0 Å². The van der Waals surface area contributed by atoms with Gasteiger partial charge in [-0.1, -0.05) is 43.9 Å². The first-order valence-electron chi connectivity index (χ1n) is 6.12. The van der Waals surface area contributed by atoms with E-state index >= 15 is 0 Å². The van der Waals surface area contributed by atoms with E-state index in [-0.39, 0.29) is 0 Å². The molecule has 0 amide bonds. The van der Waals surface area contributed by atoms with Crippen LogP contribution in [-0.4, -0.2) is 8.42 Å². The van der Waals surface area contributed by atoms with Crippen molar-refractivity contribution in [2.24, 2.45) is 0 Å². The van der Waals surface area contributed by atoms with Crippen molar-refractivity contribution < 1.29 is 8.42 Å². The van der Waals surface area contributed by atoms with Gasteiger partial charge < -0.3 is 0 Å². The lowest BCUT2D eigenvalue weighted by molar-refractivity contribution is 0.574. The number of halogens is 1. The molecule has 4 heteroatoms. The Morgan fingerprint density at radius 1 is 1.00 bits per heavy atom. The van der Waals surface area contributed by atoms with Gasteiger partial charge in [0.15, 0.2) is 0 Å². The molecular formula is C13H17ClO2S. The Labute approximate surface area is 107 Å². The average Bonchev–Trinajstić information content (AvgIpc) is 2.56. The zero-order chi connectivity index (χ0) is 12.3. The van der Waals surface area contributed by atoms with Gasteiger partial charge in [0.2, 0.25) is 0 Å².